The van der Waals surface area contributed by atoms with E-state index >= 15 is 0 Å². The van der Waals surface area contributed by atoms with Crippen molar-refractivity contribution in [3.63, 3.8) is 0 Å². The van der Waals surface area contributed by atoms with Gasteiger partial charge in [-0.15, -0.1) is 0 Å². The summed E-state index contributed by atoms with van der Waals surface area (Å²) in [5, 5.41) is 24.4. The zero-order chi connectivity index (χ0) is 33.2. The number of carbonyl (C=O) groups is 2. The van der Waals surface area contributed by atoms with Gasteiger partial charge in [0.2, 0.25) is 0 Å². The molecule has 0 aliphatic carbocycles. The van der Waals surface area contributed by atoms with Gasteiger partial charge in [-0.05, 0) is 90.8 Å². The number of nitrogens with zero attached hydrogens (tertiary/aromatic N) is 2. The first kappa shape index (κ1) is 31.8. The van der Waals surface area contributed by atoms with Crippen LogP contribution in [0.4, 0.5) is 53.0 Å². The van der Waals surface area contributed by atoms with Crippen molar-refractivity contribution >= 4 is 40.0 Å². The third kappa shape index (κ3) is 7.17. The number of rotatable bonds is 2. The van der Waals surface area contributed by atoms with E-state index in [2.05, 4.69) is 10.6 Å². The van der Waals surface area contributed by atoms with E-state index < -0.39 is 35.5 Å². The van der Waals surface area contributed by atoms with Crippen molar-refractivity contribution in [2.45, 2.75) is 18.8 Å². The molecule has 0 radical (unpaired) electrons. The van der Waals surface area contributed by atoms with Crippen LogP contribution >= 0.6 is 0 Å². The molecule has 6 rings (SSSR count). The summed E-state index contributed by atoms with van der Waals surface area (Å²) in [6, 6.07) is 18.6. The second-order valence-electron chi connectivity index (χ2n) is 10.2. The highest BCUT2D eigenvalue weighted by Crippen LogP contribution is 2.34. The van der Waals surface area contributed by atoms with Crippen LogP contribution in [-0.2, 0) is 18.8 Å². The van der Waals surface area contributed by atoms with Gasteiger partial charge in [-0.1, -0.05) is 12.1 Å². The largest absolute Gasteiger partial charge is 0.508 e. The Morgan fingerprint density at radius 3 is 1.85 bits per heavy atom. The number of aromatic hydroxyl groups is 2. The van der Waals surface area contributed by atoms with Crippen molar-refractivity contribution in [2.75, 3.05) is 22.1 Å². The Kier molecular flexibility index (Phi) is 8.55. The lowest BCUT2D eigenvalue weighted by atomic mass is 10.1. The monoisotopic (exact) mass is 642 g/mol. The summed E-state index contributed by atoms with van der Waals surface area (Å²) in [7, 11) is 0. The summed E-state index contributed by atoms with van der Waals surface area (Å²) in [6.45, 7) is 0.406. The molecule has 14 heteroatoms. The average molecular weight is 643 g/mol. The van der Waals surface area contributed by atoms with E-state index in [1.165, 1.54) is 58.1 Å². The molecule has 0 bridgehead atoms. The second kappa shape index (κ2) is 12.4. The molecule has 3 amide bonds. The fourth-order valence-corrected chi connectivity index (χ4v) is 4.83. The Bertz CT molecular complexity index is 1920. The number of aromatic nitrogens is 1. The van der Waals surface area contributed by atoms with Gasteiger partial charge in [0.1, 0.15) is 11.5 Å². The van der Waals surface area contributed by atoms with E-state index in [0.717, 1.165) is 29.8 Å². The maximum Gasteiger partial charge on any atom is 0.416 e. The summed E-state index contributed by atoms with van der Waals surface area (Å²) < 4.78 is 77.4. The minimum atomic E-state index is -4.47. The summed E-state index contributed by atoms with van der Waals surface area (Å²) in [5.41, 5.74) is 0.478. The topological polar surface area (TPSA) is 107 Å². The molecule has 46 heavy (non-hydrogen) atoms. The van der Waals surface area contributed by atoms with Crippen molar-refractivity contribution in [1.29, 1.82) is 0 Å². The highest BCUT2D eigenvalue weighted by molar-refractivity contribution is 6.03. The SMILES string of the molecule is O=C(Nc1cccc(C(F)(F)F)c1)N1CCc2cc(O)ccc21.O=C(Nc1cccc(C(F)(F)F)c1)n1ccc2cc(O)ccc21. The van der Waals surface area contributed by atoms with Crippen molar-refractivity contribution in [1.82, 2.24) is 4.57 Å². The first-order chi connectivity index (χ1) is 21.7. The van der Waals surface area contributed by atoms with Gasteiger partial charge in [-0.3, -0.25) is 9.47 Å². The van der Waals surface area contributed by atoms with Crippen LogP contribution in [-0.4, -0.2) is 33.4 Å². The molecule has 4 N–H and O–H groups in total. The van der Waals surface area contributed by atoms with E-state index in [9.17, 15) is 46.1 Å². The fourth-order valence-electron chi connectivity index (χ4n) is 4.83. The van der Waals surface area contributed by atoms with Crippen molar-refractivity contribution in [3.8, 4) is 11.5 Å². The van der Waals surface area contributed by atoms with Crippen LogP contribution in [0.3, 0.4) is 0 Å². The molecule has 0 atom stereocenters. The average Bonchev–Trinajstić information content (AvgIpc) is 3.61. The lowest BCUT2D eigenvalue weighted by Crippen LogP contribution is -2.33. The van der Waals surface area contributed by atoms with Gasteiger partial charge in [0.15, 0.2) is 0 Å². The summed E-state index contributed by atoms with van der Waals surface area (Å²) in [5.74, 6) is 0.178. The third-order valence-electron chi connectivity index (χ3n) is 6.98. The number of alkyl halides is 6. The molecule has 2 heterocycles. The van der Waals surface area contributed by atoms with Crippen LogP contribution < -0.4 is 15.5 Å². The van der Waals surface area contributed by atoms with E-state index in [-0.39, 0.29) is 22.9 Å². The molecular formula is C32H24F6N4O4. The second-order valence-corrected chi connectivity index (χ2v) is 10.2. The zero-order valence-electron chi connectivity index (χ0n) is 23.5. The number of amides is 3. The van der Waals surface area contributed by atoms with Gasteiger partial charge in [0.25, 0.3) is 0 Å². The number of phenols is 2. The molecule has 0 saturated carbocycles. The number of hydrogen-bond donors (Lipinski definition) is 4. The number of hydrogen-bond acceptors (Lipinski definition) is 4. The first-order valence-electron chi connectivity index (χ1n) is 13.6. The molecule has 1 aliphatic heterocycles. The number of anilines is 3. The molecule has 1 aliphatic rings. The zero-order valence-corrected chi connectivity index (χ0v) is 23.5. The number of urea groups is 1. The van der Waals surface area contributed by atoms with E-state index in [4.69, 9.17) is 0 Å². The molecule has 0 spiro atoms. The third-order valence-corrected chi connectivity index (χ3v) is 6.98. The minimum absolute atomic E-state index is 0.0467. The smallest absolute Gasteiger partial charge is 0.416 e. The lowest BCUT2D eigenvalue weighted by molar-refractivity contribution is -0.138. The lowest BCUT2D eigenvalue weighted by Gasteiger charge is -2.18. The normalized spacial score (nSPS) is 12.7. The highest BCUT2D eigenvalue weighted by atomic mass is 19.4. The highest BCUT2D eigenvalue weighted by Gasteiger charge is 2.32. The number of nitrogens with one attached hydrogen (secondary N) is 2. The molecular weight excluding hydrogens is 618 g/mol. The number of phenolic OH excluding ortho intramolecular Hbond substituents is 2. The van der Waals surface area contributed by atoms with Crippen molar-refractivity contribution < 1.29 is 46.1 Å². The van der Waals surface area contributed by atoms with Crippen molar-refractivity contribution in [2.24, 2.45) is 0 Å². The van der Waals surface area contributed by atoms with Crippen LogP contribution in [0.1, 0.15) is 16.7 Å². The molecule has 5 aromatic rings. The van der Waals surface area contributed by atoms with E-state index in [1.54, 1.807) is 24.3 Å². The van der Waals surface area contributed by atoms with Gasteiger partial charge in [0.05, 0.1) is 16.6 Å². The predicted octanol–water partition coefficient (Wildman–Crippen LogP) is 8.45. The standard InChI is InChI=1S/C16H13F3N2O2.C16H11F3N2O2/c2*17-16(18,19)11-2-1-3-12(9-11)20-15(23)21-7-6-10-8-13(22)4-5-14(10)21/h1-5,8-9,22H,6-7H2,(H,20,23);1-9,22H,(H,20,23). The number of benzene rings is 4. The summed E-state index contributed by atoms with van der Waals surface area (Å²) in [6.07, 6.45) is -6.87. The number of carbonyl (C=O) groups excluding carboxylic acids is 2. The predicted molar refractivity (Wildman–Crippen MR) is 159 cm³/mol. The maximum atomic E-state index is 12.7. The molecule has 1 aromatic heterocycles. The quantitative estimate of drug-likeness (QED) is 0.145. The van der Waals surface area contributed by atoms with E-state index in [1.807, 2.05) is 0 Å². The molecule has 0 saturated heterocycles. The van der Waals surface area contributed by atoms with Crippen LogP contribution in [0, 0.1) is 0 Å². The number of halogens is 6. The Morgan fingerprint density at radius 2 is 1.24 bits per heavy atom. The molecule has 238 valence electrons. The molecule has 8 nitrogen and oxygen atoms in total. The first-order valence-corrected chi connectivity index (χ1v) is 13.6. The summed E-state index contributed by atoms with van der Waals surface area (Å²) in [4.78, 5) is 26.0. The molecule has 0 unspecified atom stereocenters. The van der Waals surface area contributed by atoms with E-state index in [0.29, 0.717) is 29.6 Å². The van der Waals surface area contributed by atoms with Crippen LogP contribution in [0.15, 0.2) is 97.2 Å². The van der Waals surface area contributed by atoms with Crippen molar-refractivity contribution in [3.05, 3.63) is 114 Å². The Morgan fingerprint density at radius 1 is 0.674 bits per heavy atom. The van der Waals surface area contributed by atoms with Gasteiger partial charge in [-0.25, -0.2) is 9.59 Å². The molecule has 4 aromatic carbocycles. The number of fused-ring (bicyclic) bond motifs is 2. The summed E-state index contributed by atoms with van der Waals surface area (Å²) >= 11 is 0. The maximum absolute atomic E-state index is 12.7. The minimum Gasteiger partial charge on any atom is -0.508 e. The Hall–Kier alpha value is -5.66. The Labute approximate surface area is 257 Å². The fraction of sp³-hybridized carbons (Fsp3) is 0.125. The van der Waals surface area contributed by atoms with Gasteiger partial charge in [0, 0.05) is 35.2 Å². The van der Waals surface area contributed by atoms with Crippen LogP contribution in [0.2, 0.25) is 0 Å². The Balaban J connectivity index is 0.000000181. The van der Waals surface area contributed by atoms with Gasteiger partial charge in [-0.2, -0.15) is 26.3 Å². The molecule has 0 fully saturated rings. The van der Waals surface area contributed by atoms with Crippen LogP contribution in [0.25, 0.3) is 10.9 Å². The van der Waals surface area contributed by atoms with Crippen LogP contribution in [0.5, 0.6) is 11.5 Å². The van der Waals surface area contributed by atoms with Gasteiger partial charge < -0.3 is 20.8 Å². The van der Waals surface area contributed by atoms with Gasteiger partial charge >= 0.3 is 24.4 Å².